The zero-order valence-electron chi connectivity index (χ0n) is 12.6. The third kappa shape index (κ3) is 2.80. The Hall–Kier alpha value is -1.85. The van der Waals surface area contributed by atoms with Gasteiger partial charge in [0, 0.05) is 30.3 Å². The summed E-state index contributed by atoms with van der Waals surface area (Å²) in [5.41, 5.74) is 2.86. The van der Waals surface area contributed by atoms with E-state index in [4.69, 9.17) is 4.84 Å². The first-order chi connectivity index (χ1) is 10.2. The number of nitrogens with one attached hydrogen (secondary N) is 1. The summed E-state index contributed by atoms with van der Waals surface area (Å²) in [4.78, 5) is 17.5. The van der Waals surface area contributed by atoms with E-state index in [1.54, 1.807) is 6.20 Å². The second kappa shape index (κ2) is 5.87. The van der Waals surface area contributed by atoms with Gasteiger partial charge >= 0.3 is 0 Å². The van der Waals surface area contributed by atoms with Crippen molar-refractivity contribution in [2.45, 2.75) is 64.6 Å². The maximum Gasteiger partial charge on any atom is 0.264 e. The Kier molecular flexibility index (Phi) is 3.94. The second-order valence-corrected chi connectivity index (χ2v) is 5.79. The molecule has 1 amide bonds. The zero-order valence-corrected chi connectivity index (χ0v) is 12.6. The number of hydrogen-bond acceptors (Lipinski definition) is 4. The number of hydrogen-bond donors (Lipinski definition) is 1. The van der Waals surface area contributed by atoms with Gasteiger partial charge in [0.05, 0.1) is 11.9 Å². The summed E-state index contributed by atoms with van der Waals surface area (Å²) in [7, 11) is 0. The van der Waals surface area contributed by atoms with Crippen molar-refractivity contribution in [3.05, 3.63) is 17.5 Å². The number of amides is 1. The molecule has 1 saturated carbocycles. The van der Waals surface area contributed by atoms with Crippen LogP contribution in [0, 0.1) is 6.92 Å². The molecular weight excluding hydrogens is 268 g/mol. The van der Waals surface area contributed by atoms with Crippen LogP contribution in [0.25, 0.3) is 0 Å². The van der Waals surface area contributed by atoms with Gasteiger partial charge in [-0.1, -0.05) is 18.0 Å². The predicted octanol–water partition coefficient (Wildman–Crippen LogP) is 1.76. The highest BCUT2D eigenvalue weighted by molar-refractivity contribution is 6.04. The van der Waals surface area contributed by atoms with Crippen molar-refractivity contribution in [2.24, 2.45) is 5.16 Å². The fraction of sp³-hybridized carbons (Fsp3) is 0.667. The second-order valence-electron chi connectivity index (χ2n) is 5.79. The highest BCUT2D eigenvalue weighted by atomic mass is 16.6. The van der Waals surface area contributed by atoms with E-state index >= 15 is 0 Å². The van der Waals surface area contributed by atoms with Crippen molar-refractivity contribution < 1.29 is 9.63 Å². The van der Waals surface area contributed by atoms with E-state index in [0.29, 0.717) is 12.5 Å². The first-order valence-electron chi connectivity index (χ1n) is 7.75. The highest BCUT2D eigenvalue weighted by Crippen LogP contribution is 2.21. The Labute approximate surface area is 124 Å². The molecule has 0 radical (unpaired) electrons. The largest absolute Gasteiger partial charge is 0.382 e. The number of nitrogens with zero attached hydrogens (tertiary/aromatic N) is 3. The lowest BCUT2D eigenvalue weighted by Crippen LogP contribution is -2.40. The molecule has 1 aromatic rings. The van der Waals surface area contributed by atoms with E-state index < -0.39 is 6.10 Å². The van der Waals surface area contributed by atoms with Gasteiger partial charge in [0.1, 0.15) is 0 Å². The van der Waals surface area contributed by atoms with Crippen LogP contribution in [0.4, 0.5) is 0 Å². The Morgan fingerprint density at radius 3 is 2.90 bits per heavy atom. The average molecular weight is 290 g/mol. The molecule has 0 bridgehead atoms. The fourth-order valence-corrected chi connectivity index (χ4v) is 3.09. The zero-order chi connectivity index (χ0) is 14.8. The third-order valence-corrected chi connectivity index (χ3v) is 4.38. The van der Waals surface area contributed by atoms with Crippen molar-refractivity contribution in [2.75, 3.05) is 0 Å². The summed E-state index contributed by atoms with van der Waals surface area (Å²) in [6.07, 6.45) is 6.39. The van der Waals surface area contributed by atoms with Gasteiger partial charge in [0.15, 0.2) is 0 Å². The molecule has 3 rings (SSSR count). The maximum atomic E-state index is 12.2. The van der Waals surface area contributed by atoms with Gasteiger partial charge in [-0.05, 0) is 26.7 Å². The van der Waals surface area contributed by atoms with Crippen LogP contribution in [0.3, 0.4) is 0 Å². The normalized spacial score (nSPS) is 22.2. The lowest BCUT2D eigenvalue weighted by molar-refractivity contribution is -0.131. The molecule has 0 spiro atoms. The lowest BCUT2D eigenvalue weighted by atomic mass is 10.1. The third-order valence-electron chi connectivity index (χ3n) is 4.38. The summed E-state index contributed by atoms with van der Waals surface area (Å²) < 4.78 is 1.92. The lowest BCUT2D eigenvalue weighted by Gasteiger charge is -2.14. The Balaban J connectivity index is 1.61. The molecule has 1 fully saturated rings. The minimum Gasteiger partial charge on any atom is -0.382 e. The summed E-state index contributed by atoms with van der Waals surface area (Å²) in [6.45, 7) is 4.89. The Morgan fingerprint density at radius 2 is 2.24 bits per heavy atom. The van der Waals surface area contributed by atoms with Crippen LogP contribution in [0.1, 0.15) is 50.3 Å². The molecule has 2 aliphatic rings. The van der Waals surface area contributed by atoms with E-state index in [0.717, 1.165) is 36.4 Å². The van der Waals surface area contributed by atoms with Crippen LogP contribution < -0.4 is 5.32 Å². The van der Waals surface area contributed by atoms with Crippen LogP contribution in [0.15, 0.2) is 11.4 Å². The molecule has 1 unspecified atom stereocenters. The summed E-state index contributed by atoms with van der Waals surface area (Å²) in [5, 5.41) is 11.5. The van der Waals surface area contributed by atoms with Gasteiger partial charge in [-0.2, -0.15) is 5.10 Å². The van der Waals surface area contributed by atoms with E-state index in [-0.39, 0.29) is 5.91 Å². The van der Waals surface area contributed by atoms with Gasteiger partial charge in [0.2, 0.25) is 6.10 Å². The smallest absolute Gasteiger partial charge is 0.264 e. The van der Waals surface area contributed by atoms with Crippen molar-refractivity contribution in [1.82, 2.24) is 15.1 Å². The van der Waals surface area contributed by atoms with Crippen molar-refractivity contribution in [3.63, 3.8) is 0 Å². The SMILES string of the molecule is CCn1ncc(C2=NOC(C(=O)NC3CCCC3)C2)c1C. The molecule has 1 atom stereocenters. The summed E-state index contributed by atoms with van der Waals surface area (Å²) in [6, 6.07) is 0.315. The molecule has 0 saturated heterocycles. The van der Waals surface area contributed by atoms with E-state index in [1.807, 2.05) is 11.6 Å². The molecule has 114 valence electrons. The van der Waals surface area contributed by atoms with Gasteiger partial charge < -0.3 is 10.2 Å². The first kappa shape index (κ1) is 14.1. The van der Waals surface area contributed by atoms with Crippen molar-refractivity contribution >= 4 is 11.6 Å². The predicted molar refractivity (Wildman–Crippen MR) is 79.1 cm³/mol. The van der Waals surface area contributed by atoms with Gasteiger partial charge in [-0.15, -0.1) is 0 Å². The number of carbonyl (C=O) groups is 1. The number of oxime groups is 1. The molecule has 6 nitrogen and oxygen atoms in total. The quantitative estimate of drug-likeness (QED) is 0.918. The Bertz CT molecular complexity index is 558. The van der Waals surface area contributed by atoms with Crippen LogP contribution in [-0.2, 0) is 16.2 Å². The van der Waals surface area contributed by atoms with E-state index in [2.05, 4.69) is 22.5 Å². The molecule has 21 heavy (non-hydrogen) atoms. The summed E-state index contributed by atoms with van der Waals surface area (Å²) >= 11 is 0. The molecule has 1 aliphatic heterocycles. The van der Waals surface area contributed by atoms with Gasteiger partial charge in [-0.3, -0.25) is 9.48 Å². The molecule has 6 heteroatoms. The van der Waals surface area contributed by atoms with Crippen molar-refractivity contribution in [1.29, 1.82) is 0 Å². The fourth-order valence-electron chi connectivity index (χ4n) is 3.09. The summed E-state index contributed by atoms with van der Waals surface area (Å²) in [5.74, 6) is -0.0406. The highest BCUT2D eigenvalue weighted by Gasteiger charge is 2.31. The molecule has 2 heterocycles. The minimum atomic E-state index is -0.495. The van der Waals surface area contributed by atoms with E-state index in [1.165, 1.54) is 12.8 Å². The van der Waals surface area contributed by atoms with E-state index in [9.17, 15) is 4.79 Å². The molecule has 1 aliphatic carbocycles. The number of aryl methyl sites for hydroxylation is 1. The van der Waals surface area contributed by atoms with Crippen LogP contribution in [0.5, 0.6) is 0 Å². The maximum absolute atomic E-state index is 12.2. The van der Waals surface area contributed by atoms with Gasteiger partial charge in [-0.25, -0.2) is 0 Å². The number of carbonyl (C=O) groups excluding carboxylic acids is 1. The van der Waals surface area contributed by atoms with Crippen LogP contribution >= 0.6 is 0 Å². The van der Waals surface area contributed by atoms with Gasteiger partial charge in [0.25, 0.3) is 5.91 Å². The molecule has 0 aromatic carbocycles. The first-order valence-corrected chi connectivity index (χ1v) is 7.75. The molecule has 1 aromatic heterocycles. The molecular formula is C15H22N4O2. The standard InChI is InChI=1S/C15H22N4O2/c1-3-19-10(2)12(9-16-19)13-8-14(21-18-13)15(20)17-11-6-4-5-7-11/h9,11,14H,3-8H2,1-2H3,(H,17,20). The Morgan fingerprint density at radius 1 is 1.48 bits per heavy atom. The van der Waals surface area contributed by atoms with Crippen molar-refractivity contribution in [3.8, 4) is 0 Å². The minimum absolute atomic E-state index is 0.0406. The number of aromatic nitrogens is 2. The number of rotatable bonds is 4. The van der Waals surface area contributed by atoms with Crippen LogP contribution in [-0.4, -0.2) is 33.5 Å². The van der Waals surface area contributed by atoms with Crippen LogP contribution in [0.2, 0.25) is 0 Å². The monoisotopic (exact) mass is 290 g/mol. The molecule has 1 N–H and O–H groups in total. The topological polar surface area (TPSA) is 68.5 Å². The average Bonchev–Trinajstić information content (AvgIpc) is 3.18.